The molecule has 2 heterocycles. The smallest absolute Gasteiger partial charge is 0.258 e. The predicted molar refractivity (Wildman–Crippen MR) is 128 cm³/mol. The number of hydrogen-bond donors (Lipinski definition) is 1. The van der Waals surface area contributed by atoms with E-state index in [1.165, 1.54) is 37.7 Å². The van der Waals surface area contributed by atoms with Gasteiger partial charge in [-0.15, -0.1) is 0 Å². The summed E-state index contributed by atoms with van der Waals surface area (Å²) >= 11 is 0. The van der Waals surface area contributed by atoms with E-state index in [1.54, 1.807) is 0 Å². The minimum atomic E-state index is 0.0316. The van der Waals surface area contributed by atoms with E-state index in [0.29, 0.717) is 11.8 Å². The Labute approximate surface area is 186 Å². The molecule has 4 rings (SSSR count). The number of anilines is 2. The van der Waals surface area contributed by atoms with Crippen molar-refractivity contribution >= 4 is 17.4 Å². The molecule has 1 aromatic carbocycles. The summed E-state index contributed by atoms with van der Waals surface area (Å²) in [5.41, 5.74) is 8.78. The van der Waals surface area contributed by atoms with Crippen LogP contribution in [0.4, 0.5) is 11.5 Å². The fourth-order valence-electron chi connectivity index (χ4n) is 5.06. The number of rotatable bonds is 6. The van der Waals surface area contributed by atoms with Gasteiger partial charge in [-0.05, 0) is 81.3 Å². The lowest BCUT2D eigenvalue weighted by Crippen LogP contribution is -2.37. The van der Waals surface area contributed by atoms with Gasteiger partial charge in [-0.3, -0.25) is 4.79 Å². The number of nitrogens with two attached hydrogens (primary N) is 1. The Bertz CT molecular complexity index is 856. The topological polar surface area (TPSA) is 62.5 Å². The van der Waals surface area contributed by atoms with Crippen molar-refractivity contribution in [2.45, 2.75) is 64.3 Å². The second-order valence-corrected chi connectivity index (χ2v) is 9.44. The lowest BCUT2D eigenvalue weighted by Gasteiger charge is -2.28. The minimum Gasteiger partial charge on any atom is -0.356 e. The molecule has 0 spiro atoms. The summed E-state index contributed by atoms with van der Waals surface area (Å²) in [7, 11) is 0. The van der Waals surface area contributed by atoms with Crippen LogP contribution in [0, 0.1) is 5.92 Å². The molecule has 1 atom stereocenters. The second kappa shape index (κ2) is 9.82. The van der Waals surface area contributed by atoms with Gasteiger partial charge in [0.2, 0.25) is 0 Å². The average molecular weight is 421 g/mol. The summed E-state index contributed by atoms with van der Waals surface area (Å²) in [5, 5.41) is 0. The van der Waals surface area contributed by atoms with Crippen LogP contribution in [0.1, 0.15) is 74.2 Å². The van der Waals surface area contributed by atoms with E-state index in [2.05, 4.69) is 35.9 Å². The number of benzene rings is 1. The molecule has 5 heteroatoms. The van der Waals surface area contributed by atoms with Crippen molar-refractivity contribution in [3.8, 4) is 0 Å². The van der Waals surface area contributed by atoms with Gasteiger partial charge in [-0.25, -0.2) is 4.98 Å². The van der Waals surface area contributed by atoms with Crippen LogP contribution in [0.5, 0.6) is 0 Å². The van der Waals surface area contributed by atoms with Gasteiger partial charge in [0.05, 0.1) is 11.9 Å². The Kier molecular flexibility index (Phi) is 6.91. The average Bonchev–Trinajstić information content (AvgIpc) is 3.29. The third kappa shape index (κ3) is 4.93. The summed E-state index contributed by atoms with van der Waals surface area (Å²) in [4.78, 5) is 22.2. The monoisotopic (exact) mass is 420 g/mol. The molecular weight excluding hydrogens is 384 g/mol. The van der Waals surface area contributed by atoms with Gasteiger partial charge in [0, 0.05) is 24.7 Å². The van der Waals surface area contributed by atoms with Crippen molar-refractivity contribution < 1.29 is 4.79 Å². The fourth-order valence-corrected chi connectivity index (χ4v) is 5.06. The molecule has 1 amide bonds. The molecular formula is C26H36N4O. The molecule has 1 saturated carbocycles. The molecule has 1 aliphatic heterocycles. The van der Waals surface area contributed by atoms with Crippen LogP contribution >= 0.6 is 0 Å². The van der Waals surface area contributed by atoms with Gasteiger partial charge in [0.25, 0.3) is 5.91 Å². The highest BCUT2D eigenvalue weighted by Gasteiger charge is 2.25. The molecule has 2 N–H and O–H groups in total. The zero-order valence-corrected chi connectivity index (χ0v) is 19.0. The maximum Gasteiger partial charge on any atom is 0.258 e. The van der Waals surface area contributed by atoms with Crippen molar-refractivity contribution in [3.05, 3.63) is 53.7 Å². The van der Waals surface area contributed by atoms with E-state index in [-0.39, 0.29) is 11.9 Å². The number of pyridine rings is 1. The Morgan fingerprint density at radius 3 is 2.42 bits per heavy atom. The highest BCUT2D eigenvalue weighted by molar-refractivity contribution is 6.06. The molecule has 166 valence electrons. The molecule has 2 aromatic rings. The molecule has 1 unspecified atom stereocenters. The van der Waals surface area contributed by atoms with E-state index in [1.807, 2.05) is 35.4 Å². The number of hydrogen-bond acceptors (Lipinski definition) is 4. The van der Waals surface area contributed by atoms with Gasteiger partial charge < -0.3 is 15.5 Å². The van der Waals surface area contributed by atoms with Crippen LogP contribution in [0.25, 0.3) is 0 Å². The molecule has 2 aliphatic rings. The van der Waals surface area contributed by atoms with Crippen molar-refractivity contribution in [1.29, 1.82) is 0 Å². The highest BCUT2D eigenvalue weighted by atomic mass is 16.2. The maximum atomic E-state index is 13.4. The van der Waals surface area contributed by atoms with Gasteiger partial charge in [-0.1, -0.05) is 31.4 Å². The van der Waals surface area contributed by atoms with Crippen LogP contribution in [0.15, 0.2) is 42.6 Å². The predicted octanol–water partition coefficient (Wildman–Crippen LogP) is 4.97. The van der Waals surface area contributed by atoms with Crippen molar-refractivity contribution in [2.24, 2.45) is 11.7 Å². The SMILES string of the molecule is CC(C)N(C(=O)c1ccc(C2CCCCC2)cc1)c1ccc(N2CCC(CN)C2)nc1. The molecule has 1 aromatic heterocycles. The van der Waals surface area contributed by atoms with Gasteiger partial charge in [-0.2, -0.15) is 0 Å². The summed E-state index contributed by atoms with van der Waals surface area (Å²) in [6, 6.07) is 12.4. The summed E-state index contributed by atoms with van der Waals surface area (Å²) < 4.78 is 0. The van der Waals surface area contributed by atoms with E-state index >= 15 is 0 Å². The molecule has 1 aliphatic carbocycles. The second-order valence-electron chi connectivity index (χ2n) is 9.44. The summed E-state index contributed by atoms with van der Waals surface area (Å²) in [6.45, 7) is 6.78. The Morgan fingerprint density at radius 1 is 1.10 bits per heavy atom. The van der Waals surface area contributed by atoms with Gasteiger partial charge in [0.1, 0.15) is 5.82 Å². The maximum absolute atomic E-state index is 13.4. The van der Waals surface area contributed by atoms with E-state index in [4.69, 9.17) is 5.73 Å². The van der Waals surface area contributed by atoms with Crippen molar-refractivity contribution in [2.75, 3.05) is 29.4 Å². The van der Waals surface area contributed by atoms with Gasteiger partial charge >= 0.3 is 0 Å². The van der Waals surface area contributed by atoms with Crippen LogP contribution in [-0.2, 0) is 0 Å². The van der Waals surface area contributed by atoms with Gasteiger partial charge in [0.15, 0.2) is 0 Å². The molecule has 2 fully saturated rings. The quantitative estimate of drug-likeness (QED) is 0.717. The van der Waals surface area contributed by atoms with E-state index in [9.17, 15) is 4.79 Å². The lowest BCUT2D eigenvalue weighted by molar-refractivity contribution is 0.0980. The Morgan fingerprint density at radius 2 is 1.84 bits per heavy atom. The summed E-state index contributed by atoms with van der Waals surface area (Å²) in [5.74, 6) is 2.20. The molecule has 5 nitrogen and oxygen atoms in total. The third-order valence-corrected chi connectivity index (χ3v) is 6.92. The highest BCUT2D eigenvalue weighted by Crippen LogP contribution is 2.33. The number of carbonyl (C=O) groups is 1. The number of aromatic nitrogens is 1. The largest absolute Gasteiger partial charge is 0.356 e. The molecule has 0 bridgehead atoms. The normalized spacial score (nSPS) is 19.7. The molecule has 0 radical (unpaired) electrons. The van der Waals surface area contributed by atoms with Crippen molar-refractivity contribution in [1.82, 2.24) is 4.98 Å². The minimum absolute atomic E-state index is 0.0316. The first-order chi connectivity index (χ1) is 15.1. The first-order valence-corrected chi connectivity index (χ1v) is 11.9. The standard InChI is InChI=1S/C26H36N4O/c1-19(2)30(24-12-13-25(28-17-24)29-15-14-20(16-27)18-29)26(31)23-10-8-22(9-11-23)21-6-4-3-5-7-21/h8-13,17,19-21H,3-7,14-16,18,27H2,1-2H3. The van der Waals surface area contributed by atoms with Crippen LogP contribution in [0.3, 0.4) is 0 Å². The number of amides is 1. The van der Waals surface area contributed by atoms with Crippen LogP contribution in [0.2, 0.25) is 0 Å². The fraction of sp³-hybridized carbons (Fsp3) is 0.538. The number of carbonyl (C=O) groups excluding carboxylic acids is 1. The first kappa shape index (κ1) is 21.8. The van der Waals surface area contributed by atoms with Crippen LogP contribution in [-0.4, -0.2) is 36.6 Å². The van der Waals surface area contributed by atoms with Crippen LogP contribution < -0.4 is 15.5 Å². The van der Waals surface area contributed by atoms with E-state index in [0.717, 1.165) is 43.1 Å². The lowest BCUT2D eigenvalue weighted by atomic mass is 9.84. The zero-order chi connectivity index (χ0) is 21.8. The first-order valence-electron chi connectivity index (χ1n) is 11.9. The van der Waals surface area contributed by atoms with Crippen molar-refractivity contribution in [3.63, 3.8) is 0 Å². The third-order valence-electron chi connectivity index (χ3n) is 6.92. The number of nitrogens with zero attached hydrogens (tertiary/aromatic N) is 3. The summed E-state index contributed by atoms with van der Waals surface area (Å²) in [6.07, 6.45) is 9.49. The molecule has 1 saturated heterocycles. The van der Waals surface area contributed by atoms with E-state index < -0.39 is 0 Å². The Balaban J connectivity index is 1.48. The Hall–Kier alpha value is -2.40. The molecule has 31 heavy (non-hydrogen) atoms. The zero-order valence-electron chi connectivity index (χ0n) is 19.0.